The van der Waals surface area contributed by atoms with Gasteiger partial charge in [-0.05, 0) is 87.6 Å². The Morgan fingerprint density at radius 3 is 1.92 bits per heavy atom. The fourth-order valence-corrected chi connectivity index (χ4v) is 11.5. The highest BCUT2D eigenvalue weighted by molar-refractivity contribution is 7.26. The van der Waals surface area contributed by atoms with Crippen LogP contribution in [-0.2, 0) is 0 Å². The van der Waals surface area contributed by atoms with Gasteiger partial charge in [0.2, 0.25) is 0 Å². The summed E-state index contributed by atoms with van der Waals surface area (Å²) < 4.78 is 11.3. The molecule has 0 unspecified atom stereocenters. The van der Waals surface area contributed by atoms with Crippen molar-refractivity contribution >= 4 is 96.9 Å². The molecule has 0 N–H and O–H groups in total. The minimum Gasteiger partial charge on any atom is -0.456 e. The van der Waals surface area contributed by atoms with Gasteiger partial charge in [-0.15, -0.1) is 11.3 Å². The van der Waals surface area contributed by atoms with E-state index in [1.54, 1.807) is 11.3 Å². The van der Waals surface area contributed by atoms with E-state index >= 15 is 0 Å². The first-order valence-corrected chi connectivity index (χ1v) is 22.8. The van der Waals surface area contributed by atoms with Crippen LogP contribution in [0.25, 0.3) is 136 Å². The van der Waals surface area contributed by atoms with Crippen LogP contribution in [0.1, 0.15) is 0 Å². The molecule has 302 valence electrons. The van der Waals surface area contributed by atoms with Gasteiger partial charge in [0.1, 0.15) is 11.2 Å². The highest BCUT2D eigenvalue weighted by Gasteiger charge is 2.23. The summed E-state index contributed by atoms with van der Waals surface area (Å²) in [5.41, 5.74) is 13.6. The van der Waals surface area contributed by atoms with Crippen molar-refractivity contribution in [1.82, 2.24) is 14.5 Å². The summed E-state index contributed by atoms with van der Waals surface area (Å²) >= 11 is 1.81. The monoisotopic (exact) mass is 845 g/mol. The Morgan fingerprint density at radius 2 is 1.08 bits per heavy atom. The molecule has 5 heteroatoms. The second-order valence-electron chi connectivity index (χ2n) is 16.8. The van der Waals surface area contributed by atoms with E-state index < -0.39 is 0 Å². The molecule has 0 aliphatic rings. The number of hydrogen-bond acceptors (Lipinski definition) is 4. The van der Waals surface area contributed by atoms with Crippen LogP contribution in [0, 0.1) is 0 Å². The van der Waals surface area contributed by atoms with Gasteiger partial charge in [0.25, 0.3) is 0 Å². The Labute approximate surface area is 376 Å². The summed E-state index contributed by atoms with van der Waals surface area (Å²) in [5, 5.41) is 10.4. The lowest BCUT2D eigenvalue weighted by Crippen LogP contribution is -1.99. The molecule has 4 heterocycles. The number of thiophene rings is 1. The predicted molar refractivity (Wildman–Crippen MR) is 273 cm³/mol. The van der Waals surface area contributed by atoms with E-state index in [-0.39, 0.29) is 0 Å². The maximum atomic E-state index is 6.41. The van der Waals surface area contributed by atoms with Crippen LogP contribution < -0.4 is 0 Å². The minimum atomic E-state index is 0.685. The number of furan rings is 1. The van der Waals surface area contributed by atoms with Gasteiger partial charge in [-0.3, -0.25) is 0 Å². The Morgan fingerprint density at radius 1 is 0.385 bits per heavy atom. The van der Waals surface area contributed by atoms with Crippen molar-refractivity contribution in [3.8, 4) is 50.6 Å². The predicted octanol–water partition coefficient (Wildman–Crippen LogP) is 16.8. The lowest BCUT2D eigenvalue weighted by Gasteiger charge is -2.15. The average molecular weight is 846 g/mol. The number of rotatable bonds is 5. The Bertz CT molecular complexity index is 4240. The summed E-state index contributed by atoms with van der Waals surface area (Å²) in [7, 11) is 0. The molecule has 14 rings (SSSR count). The van der Waals surface area contributed by atoms with Gasteiger partial charge in [0.15, 0.2) is 5.82 Å². The number of hydrogen-bond donors (Lipinski definition) is 0. The molecule has 4 nitrogen and oxygen atoms in total. The largest absolute Gasteiger partial charge is 0.456 e. The first kappa shape index (κ1) is 36.1. The van der Waals surface area contributed by atoms with E-state index in [1.165, 1.54) is 59.3 Å². The van der Waals surface area contributed by atoms with Gasteiger partial charge in [0, 0.05) is 63.9 Å². The van der Waals surface area contributed by atoms with Crippen LogP contribution in [-0.4, -0.2) is 14.5 Å². The summed E-state index contributed by atoms with van der Waals surface area (Å²) in [6.45, 7) is 0. The van der Waals surface area contributed by atoms with Crippen LogP contribution in [0.3, 0.4) is 0 Å². The van der Waals surface area contributed by atoms with Gasteiger partial charge in [0.05, 0.1) is 22.2 Å². The molecule has 4 aromatic heterocycles. The Hall–Kier alpha value is -8.38. The molecule has 65 heavy (non-hydrogen) atoms. The first-order valence-electron chi connectivity index (χ1n) is 22.0. The number of para-hydroxylation sites is 2. The Balaban J connectivity index is 1.11. The first-order chi connectivity index (χ1) is 32.2. The maximum absolute atomic E-state index is 6.41. The van der Waals surface area contributed by atoms with Crippen molar-refractivity contribution in [2.75, 3.05) is 0 Å². The second-order valence-corrected chi connectivity index (χ2v) is 17.9. The van der Waals surface area contributed by atoms with E-state index in [9.17, 15) is 0 Å². The summed E-state index contributed by atoms with van der Waals surface area (Å²) in [5.74, 6) is 0.685. The SMILES string of the molecule is c1ccc(-c2ccc3c(c2)c2c4ccccc4c(-c4ccccc4)cc2n3-c2cc(-c3nc(-c4cccc5oc6ccccc6c45)c4ccccc4n3)c3sc4ccccc4c3c2)cc1. The highest BCUT2D eigenvalue weighted by atomic mass is 32.1. The second kappa shape index (κ2) is 14.1. The van der Waals surface area contributed by atoms with Crippen molar-refractivity contribution < 1.29 is 4.42 Å². The molecule has 10 aromatic carbocycles. The number of benzene rings is 10. The standard InChI is InChI=1S/C60H35N3OS/c1-3-16-36(17-4-1)38-30-31-51-48(32-38)56-42-22-8-7-20-40(42)46(37-18-5-2-6-19-37)35-52(56)63(51)39-33-47-41-21-11-14-29-55(41)65-59(47)49(34-39)60-61-50-26-12-9-23-43(50)58(62-60)45-25-15-28-54-57(45)44-24-10-13-27-53(44)64-54/h1-35H. The van der Waals surface area contributed by atoms with Gasteiger partial charge in [-0.2, -0.15) is 0 Å². The third-order valence-electron chi connectivity index (χ3n) is 13.2. The molecule has 0 saturated carbocycles. The summed E-state index contributed by atoms with van der Waals surface area (Å²) in [4.78, 5) is 11.1. The van der Waals surface area contributed by atoms with Crippen molar-refractivity contribution in [1.29, 1.82) is 0 Å². The van der Waals surface area contributed by atoms with Crippen molar-refractivity contribution in [2.45, 2.75) is 0 Å². The topological polar surface area (TPSA) is 43.9 Å². The molecule has 0 radical (unpaired) electrons. The third kappa shape index (κ3) is 5.49. The molecule has 0 aliphatic carbocycles. The lowest BCUT2D eigenvalue weighted by atomic mass is 9.94. The smallest absolute Gasteiger partial charge is 0.161 e. The summed E-state index contributed by atoms with van der Waals surface area (Å²) in [6.07, 6.45) is 0. The van der Waals surface area contributed by atoms with E-state index in [0.29, 0.717) is 5.82 Å². The quantitative estimate of drug-likeness (QED) is 0.173. The van der Waals surface area contributed by atoms with Gasteiger partial charge in [-0.25, -0.2) is 9.97 Å². The molecular weight excluding hydrogens is 811 g/mol. The fourth-order valence-electron chi connectivity index (χ4n) is 10.3. The van der Waals surface area contributed by atoms with E-state index in [4.69, 9.17) is 14.4 Å². The van der Waals surface area contributed by atoms with Gasteiger partial charge in [-0.1, -0.05) is 158 Å². The lowest BCUT2D eigenvalue weighted by molar-refractivity contribution is 0.669. The Kier molecular flexibility index (Phi) is 7.82. The number of fused-ring (bicyclic) bond motifs is 12. The van der Waals surface area contributed by atoms with Crippen molar-refractivity contribution in [3.63, 3.8) is 0 Å². The van der Waals surface area contributed by atoms with Gasteiger partial charge >= 0.3 is 0 Å². The van der Waals surface area contributed by atoms with E-state index in [1.807, 2.05) is 18.2 Å². The molecule has 0 amide bonds. The molecule has 0 aliphatic heterocycles. The van der Waals surface area contributed by atoms with E-state index in [2.05, 4.69) is 199 Å². The fraction of sp³-hybridized carbons (Fsp3) is 0. The molecule has 14 aromatic rings. The van der Waals surface area contributed by atoms with Crippen molar-refractivity contribution in [2.24, 2.45) is 0 Å². The van der Waals surface area contributed by atoms with E-state index in [0.717, 1.165) is 71.1 Å². The third-order valence-corrected chi connectivity index (χ3v) is 14.4. The van der Waals surface area contributed by atoms with Gasteiger partial charge < -0.3 is 8.98 Å². The molecule has 0 fully saturated rings. The zero-order valence-electron chi connectivity index (χ0n) is 34.9. The molecule has 0 saturated heterocycles. The van der Waals surface area contributed by atoms with Crippen molar-refractivity contribution in [3.05, 3.63) is 212 Å². The number of aromatic nitrogens is 3. The van der Waals surface area contributed by atoms with Crippen LogP contribution in [0.4, 0.5) is 0 Å². The maximum Gasteiger partial charge on any atom is 0.161 e. The molecule has 0 spiro atoms. The van der Waals surface area contributed by atoms with Crippen LogP contribution in [0.2, 0.25) is 0 Å². The molecule has 0 atom stereocenters. The average Bonchev–Trinajstić information content (AvgIpc) is 4.05. The van der Waals surface area contributed by atoms with Crippen LogP contribution >= 0.6 is 11.3 Å². The van der Waals surface area contributed by atoms with Crippen LogP contribution in [0.5, 0.6) is 0 Å². The molecular formula is C60H35N3OS. The number of nitrogens with zero attached hydrogens (tertiary/aromatic N) is 3. The normalized spacial score (nSPS) is 12.0. The molecule has 0 bridgehead atoms. The zero-order chi connectivity index (χ0) is 42.6. The minimum absolute atomic E-state index is 0.685. The van der Waals surface area contributed by atoms with Crippen LogP contribution in [0.15, 0.2) is 217 Å². The zero-order valence-corrected chi connectivity index (χ0v) is 35.7. The summed E-state index contributed by atoms with van der Waals surface area (Å²) in [6, 6.07) is 76.2. The highest BCUT2D eigenvalue weighted by Crippen LogP contribution is 2.47.